The first kappa shape index (κ1) is 10.5. The molecule has 1 aliphatic heterocycles. The predicted octanol–water partition coefficient (Wildman–Crippen LogP) is 3.27. The summed E-state index contributed by atoms with van der Waals surface area (Å²) in [7, 11) is 2.21. The lowest BCUT2D eigenvalue weighted by Crippen LogP contribution is -2.24. The highest BCUT2D eigenvalue weighted by molar-refractivity contribution is 5.56. The zero-order valence-electron chi connectivity index (χ0n) is 10.1. The van der Waals surface area contributed by atoms with E-state index in [1.54, 1.807) is 0 Å². The average Bonchev–Trinajstić information content (AvgIpc) is 2.18. The van der Waals surface area contributed by atoms with Crippen molar-refractivity contribution in [2.45, 2.75) is 33.1 Å². The van der Waals surface area contributed by atoms with E-state index in [2.05, 4.69) is 44.0 Å². The number of aryl methyl sites for hydroxylation is 1. The van der Waals surface area contributed by atoms with Gasteiger partial charge >= 0.3 is 0 Å². The van der Waals surface area contributed by atoms with E-state index in [1.807, 2.05) is 0 Å². The van der Waals surface area contributed by atoms with Crippen molar-refractivity contribution in [1.29, 1.82) is 0 Å². The Bertz CT molecular complexity index is 341. The van der Waals surface area contributed by atoms with Crippen LogP contribution in [0, 0.1) is 5.92 Å². The predicted molar refractivity (Wildman–Crippen MR) is 66.6 cm³/mol. The van der Waals surface area contributed by atoms with Gasteiger partial charge in [-0.2, -0.15) is 0 Å². The summed E-state index contributed by atoms with van der Waals surface area (Å²) in [5.74, 6) is 0.747. The molecule has 1 heteroatoms. The number of benzene rings is 1. The van der Waals surface area contributed by atoms with Crippen molar-refractivity contribution in [1.82, 2.24) is 0 Å². The van der Waals surface area contributed by atoms with Crippen molar-refractivity contribution in [3.63, 3.8) is 0 Å². The molecule has 0 aliphatic carbocycles. The molecule has 2 rings (SSSR count). The third kappa shape index (κ3) is 2.34. The Kier molecular flexibility index (Phi) is 2.99. The molecule has 15 heavy (non-hydrogen) atoms. The Morgan fingerprint density at radius 1 is 1.33 bits per heavy atom. The molecule has 1 aliphatic rings. The van der Waals surface area contributed by atoms with E-state index < -0.39 is 0 Å². The van der Waals surface area contributed by atoms with Crippen LogP contribution in [0.15, 0.2) is 18.2 Å². The van der Waals surface area contributed by atoms with Crippen molar-refractivity contribution >= 4 is 5.69 Å². The van der Waals surface area contributed by atoms with Crippen LogP contribution >= 0.6 is 0 Å². The summed E-state index contributed by atoms with van der Waals surface area (Å²) >= 11 is 0. The smallest absolute Gasteiger partial charge is 0.0398 e. The third-order valence-corrected chi connectivity index (χ3v) is 3.14. The van der Waals surface area contributed by atoms with Crippen LogP contribution in [-0.4, -0.2) is 13.6 Å². The first-order valence-electron chi connectivity index (χ1n) is 6.00. The summed E-state index contributed by atoms with van der Waals surface area (Å²) in [4.78, 5) is 2.39. The van der Waals surface area contributed by atoms with Gasteiger partial charge in [-0.25, -0.2) is 0 Å². The third-order valence-electron chi connectivity index (χ3n) is 3.14. The van der Waals surface area contributed by atoms with Gasteiger partial charge in [0, 0.05) is 19.3 Å². The minimum Gasteiger partial charge on any atom is -0.374 e. The molecule has 0 radical (unpaired) electrons. The normalized spacial score (nSPS) is 15.6. The molecule has 1 heterocycles. The molecule has 0 fully saturated rings. The average molecular weight is 203 g/mol. The molecule has 0 amide bonds. The molecule has 1 nitrogen and oxygen atoms in total. The van der Waals surface area contributed by atoms with E-state index in [-0.39, 0.29) is 0 Å². The standard InChI is InChI=1S/C14H21N/c1-11(2)9-12-6-7-13-5-4-8-15(3)14(13)10-12/h6-7,10-11H,4-5,8-9H2,1-3H3. The molecule has 0 aromatic heterocycles. The van der Waals surface area contributed by atoms with Gasteiger partial charge in [-0.05, 0) is 42.4 Å². The van der Waals surface area contributed by atoms with Gasteiger partial charge < -0.3 is 4.90 Å². The van der Waals surface area contributed by atoms with Gasteiger partial charge in [0.2, 0.25) is 0 Å². The fraction of sp³-hybridized carbons (Fsp3) is 0.571. The van der Waals surface area contributed by atoms with E-state index in [4.69, 9.17) is 0 Å². The Morgan fingerprint density at radius 2 is 2.13 bits per heavy atom. The van der Waals surface area contributed by atoms with Crippen molar-refractivity contribution in [3.8, 4) is 0 Å². The van der Waals surface area contributed by atoms with Crippen LogP contribution in [0.5, 0.6) is 0 Å². The van der Waals surface area contributed by atoms with E-state index in [9.17, 15) is 0 Å². The van der Waals surface area contributed by atoms with Crippen LogP contribution in [0.25, 0.3) is 0 Å². The fourth-order valence-corrected chi connectivity index (χ4v) is 2.40. The zero-order valence-corrected chi connectivity index (χ0v) is 10.1. The fourth-order valence-electron chi connectivity index (χ4n) is 2.40. The van der Waals surface area contributed by atoms with Gasteiger partial charge in [0.05, 0.1) is 0 Å². The van der Waals surface area contributed by atoms with Gasteiger partial charge in [0.1, 0.15) is 0 Å². The van der Waals surface area contributed by atoms with Crippen molar-refractivity contribution < 1.29 is 0 Å². The van der Waals surface area contributed by atoms with Gasteiger partial charge in [-0.1, -0.05) is 26.0 Å². The van der Waals surface area contributed by atoms with Gasteiger partial charge in [0.15, 0.2) is 0 Å². The summed E-state index contributed by atoms with van der Waals surface area (Å²) in [6.45, 7) is 5.77. The molecule has 1 aromatic carbocycles. The summed E-state index contributed by atoms with van der Waals surface area (Å²) in [5.41, 5.74) is 4.47. The maximum absolute atomic E-state index is 2.39. The highest BCUT2D eigenvalue weighted by Crippen LogP contribution is 2.27. The maximum atomic E-state index is 2.39. The number of anilines is 1. The van der Waals surface area contributed by atoms with Crippen LogP contribution in [0.1, 0.15) is 31.4 Å². The quantitative estimate of drug-likeness (QED) is 0.713. The van der Waals surface area contributed by atoms with Crippen molar-refractivity contribution in [2.75, 3.05) is 18.5 Å². The van der Waals surface area contributed by atoms with Gasteiger partial charge in [-0.15, -0.1) is 0 Å². The van der Waals surface area contributed by atoms with Crippen molar-refractivity contribution in [3.05, 3.63) is 29.3 Å². The van der Waals surface area contributed by atoms with Crippen molar-refractivity contribution in [2.24, 2.45) is 5.92 Å². The highest BCUT2D eigenvalue weighted by atomic mass is 15.1. The summed E-state index contributed by atoms with van der Waals surface area (Å²) < 4.78 is 0. The molecule has 1 aromatic rings. The summed E-state index contributed by atoms with van der Waals surface area (Å²) in [6, 6.07) is 7.01. The lowest BCUT2D eigenvalue weighted by molar-refractivity contribution is 0.646. The lowest BCUT2D eigenvalue weighted by atomic mass is 9.96. The number of fused-ring (bicyclic) bond motifs is 1. The molecule has 0 spiro atoms. The SMILES string of the molecule is CC(C)Cc1ccc2c(c1)N(C)CCC2. The maximum Gasteiger partial charge on any atom is 0.0398 e. The molecular formula is C14H21N. The van der Waals surface area contributed by atoms with E-state index in [1.165, 1.54) is 42.6 Å². The van der Waals surface area contributed by atoms with E-state index in [0.717, 1.165) is 5.92 Å². The number of hydrogen-bond acceptors (Lipinski definition) is 1. The Morgan fingerprint density at radius 3 is 2.87 bits per heavy atom. The Labute approximate surface area is 93.1 Å². The van der Waals surface area contributed by atoms with E-state index in [0.29, 0.717) is 0 Å². The Balaban J connectivity index is 2.27. The van der Waals surface area contributed by atoms with Crippen LogP contribution in [0.4, 0.5) is 5.69 Å². The zero-order chi connectivity index (χ0) is 10.8. The van der Waals surface area contributed by atoms with Gasteiger partial charge in [0.25, 0.3) is 0 Å². The topological polar surface area (TPSA) is 3.24 Å². The molecule has 82 valence electrons. The van der Waals surface area contributed by atoms with Crippen LogP contribution < -0.4 is 4.90 Å². The molecule has 0 saturated carbocycles. The highest BCUT2D eigenvalue weighted by Gasteiger charge is 2.13. The Hall–Kier alpha value is -0.980. The lowest BCUT2D eigenvalue weighted by Gasteiger charge is -2.28. The second kappa shape index (κ2) is 4.26. The van der Waals surface area contributed by atoms with Gasteiger partial charge in [-0.3, -0.25) is 0 Å². The number of nitrogens with zero attached hydrogens (tertiary/aromatic N) is 1. The molecule has 0 saturated heterocycles. The monoisotopic (exact) mass is 203 g/mol. The number of hydrogen-bond donors (Lipinski definition) is 0. The van der Waals surface area contributed by atoms with Crippen LogP contribution in [0.2, 0.25) is 0 Å². The number of rotatable bonds is 2. The first-order valence-corrected chi connectivity index (χ1v) is 6.00. The molecule has 0 bridgehead atoms. The van der Waals surface area contributed by atoms with Crippen LogP contribution in [0.3, 0.4) is 0 Å². The largest absolute Gasteiger partial charge is 0.374 e. The van der Waals surface area contributed by atoms with E-state index >= 15 is 0 Å². The summed E-state index contributed by atoms with van der Waals surface area (Å²) in [6.07, 6.45) is 3.75. The molecule has 0 atom stereocenters. The first-order chi connectivity index (χ1) is 7.16. The summed E-state index contributed by atoms with van der Waals surface area (Å²) in [5, 5.41) is 0. The minimum absolute atomic E-state index is 0.747. The second-order valence-electron chi connectivity index (χ2n) is 5.09. The molecule has 0 unspecified atom stereocenters. The second-order valence-corrected chi connectivity index (χ2v) is 5.09. The molecule has 0 N–H and O–H groups in total. The molecular weight excluding hydrogens is 182 g/mol. The van der Waals surface area contributed by atoms with Crippen LogP contribution in [-0.2, 0) is 12.8 Å². The minimum atomic E-state index is 0.747.